The molecule has 0 saturated carbocycles. The van der Waals surface area contributed by atoms with Crippen LogP contribution in [-0.2, 0) is 11.3 Å². The standard InChI is InChI=1S/C32H31Cl2N3O5/c1-32(2,3)42-31(39)37(4)17-20-10-11-26(36-30(20)41-6)25-9-7-8-23(27(25)33)24-12-13-35-29(28(24)34)21-14-19(18-38)15-22(16-21)40-5/h7-16,18H,17H2,1-6H3. The van der Waals surface area contributed by atoms with Crippen molar-refractivity contribution in [2.24, 2.45) is 0 Å². The summed E-state index contributed by atoms with van der Waals surface area (Å²) in [6.07, 6.45) is 1.93. The zero-order valence-corrected chi connectivity index (χ0v) is 25.7. The third kappa shape index (κ3) is 6.83. The molecule has 42 heavy (non-hydrogen) atoms. The summed E-state index contributed by atoms with van der Waals surface area (Å²) in [7, 11) is 4.70. The Morgan fingerprint density at radius 1 is 0.952 bits per heavy atom. The van der Waals surface area contributed by atoms with Gasteiger partial charge in [-0.05, 0) is 57.2 Å². The number of ether oxygens (including phenoxy) is 3. The highest BCUT2D eigenvalue weighted by Gasteiger charge is 2.22. The van der Waals surface area contributed by atoms with Gasteiger partial charge in [-0.25, -0.2) is 9.78 Å². The van der Waals surface area contributed by atoms with Gasteiger partial charge in [0.05, 0.1) is 42.2 Å². The summed E-state index contributed by atoms with van der Waals surface area (Å²) >= 11 is 13.9. The summed E-state index contributed by atoms with van der Waals surface area (Å²) in [5, 5.41) is 0.802. The number of hydrogen-bond acceptors (Lipinski definition) is 7. The number of hydrogen-bond donors (Lipinski definition) is 0. The van der Waals surface area contributed by atoms with Gasteiger partial charge in [0.1, 0.15) is 17.6 Å². The Bertz CT molecular complexity index is 1640. The average molecular weight is 609 g/mol. The Morgan fingerprint density at radius 3 is 2.33 bits per heavy atom. The van der Waals surface area contributed by atoms with Crippen molar-refractivity contribution in [1.29, 1.82) is 0 Å². The number of rotatable bonds is 8. The summed E-state index contributed by atoms with van der Waals surface area (Å²) in [6.45, 7) is 5.69. The van der Waals surface area contributed by atoms with Gasteiger partial charge in [-0.2, -0.15) is 0 Å². The van der Waals surface area contributed by atoms with E-state index in [1.807, 2.05) is 51.1 Å². The largest absolute Gasteiger partial charge is 0.497 e. The van der Waals surface area contributed by atoms with Crippen molar-refractivity contribution in [2.75, 3.05) is 21.3 Å². The van der Waals surface area contributed by atoms with E-state index in [0.717, 1.165) is 6.29 Å². The number of halogens is 2. The molecule has 4 rings (SSSR count). The van der Waals surface area contributed by atoms with Crippen molar-refractivity contribution in [3.05, 3.63) is 82.0 Å². The first-order valence-corrected chi connectivity index (χ1v) is 13.8. The van der Waals surface area contributed by atoms with Gasteiger partial charge in [0.15, 0.2) is 0 Å². The molecule has 10 heteroatoms. The number of aldehydes is 1. The predicted octanol–water partition coefficient (Wildman–Crippen LogP) is 7.98. The second-order valence-electron chi connectivity index (χ2n) is 10.5. The van der Waals surface area contributed by atoms with Gasteiger partial charge in [0, 0.05) is 46.6 Å². The second kappa shape index (κ2) is 12.8. The fourth-order valence-electron chi connectivity index (χ4n) is 4.31. The molecule has 0 aliphatic rings. The summed E-state index contributed by atoms with van der Waals surface area (Å²) in [5.41, 5.74) is 4.23. The molecule has 8 nitrogen and oxygen atoms in total. The van der Waals surface area contributed by atoms with Crippen molar-refractivity contribution in [3.8, 4) is 45.3 Å². The molecule has 0 unspecified atom stereocenters. The van der Waals surface area contributed by atoms with Crippen LogP contribution in [0.1, 0.15) is 36.7 Å². The fourth-order valence-corrected chi connectivity index (χ4v) is 4.96. The molecule has 2 aromatic heterocycles. The molecule has 0 aliphatic heterocycles. The molecule has 0 saturated heterocycles. The fraction of sp³-hybridized carbons (Fsp3) is 0.250. The Morgan fingerprint density at radius 2 is 1.67 bits per heavy atom. The maximum absolute atomic E-state index is 12.5. The quantitative estimate of drug-likeness (QED) is 0.187. The lowest BCUT2D eigenvalue weighted by Crippen LogP contribution is -2.33. The summed E-state index contributed by atoms with van der Waals surface area (Å²) in [5.74, 6) is 0.872. The van der Waals surface area contributed by atoms with E-state index in [0.29, 0.717) is 66.4 Å². The van der Waals surface area contributed by atoms with Gasteiger partial charge in [-0.1, -0.05) is 41.4 Å². The van der Waals surface area contributed by atoms with Gasteiger partial charge < -0.3 is 19.1 Å². The van der Waals surface area contributed by atoms with Gasteiger partial charge in [0.25, 0.3) is 0 Å². The summed E-state index contributed by atoms with van der Waals surface area (Å²) < 4.78 is 16.4. The zero-order valence-electron chi connectivity index (χ0n) is 24.2. The lowest BCUT2D eigenvalue weighted by atomic mass is 9.99. The predicted molar refractivity (Wildman–Crippen MR) is 165 cm³/mol. The van der Waals surface area contributed by atoms with Crippen LogP contribution in [0.2, 0.25) is 10.0 Å². The highest BCUT2D eigenvalue weighted by molar-refractivity contribution is 6.39. The number of benzene rings is 2. The third-order valence-corrected chi connectivity index (χ3v) is 7.06. The van der Waals surface area contributed by atoms with E-state index in [2.05, 4.69) is 4.98 Å². The molecule has 218 valence electrons. The minimum atomic E-state index is -0.607. The highest BCUT2D eigenvalue weighted by atomic mass is 35.5. The molecular weight excluding hydrogens is 577 g/mol. The Balaban J connectivity index is 1.70. The van der Waals surface area contributed by atoms with Crippen LogP contribution < -0.4 is 9.47 Å². The zero-order chi connectivity index (χ0) is 30.6. The molecule has 2 heterocycles. The van der Waals surface area contributed by atoms with Crippen molar-refractivity contribution < 1.29 is 23.8 Å². The molecule has 2 aromatic carbocycles. The third-order valence-electron chi connectivity index (χ3n) is 6.27. The monoisotopic (exact) mass is 607 g/mol. The van der Waals surface area contributed by atoms with Crippen molar-refractivity contribution in [3.63, 3.8) is 0 Å². The van der Waals surface area contributed by atoms with E-state index in [1.54, 1.807) is 37.5 Å². The molecule has 0 aliphatic carbocycles. The van der Waals surface area contributed by atoms with Crippen LogP contribution in [0.5, 0.6) is 11.6 Å². The average Bonchev–Trinajstić information content (AvgIpc) is 2.96. The number of amides is 1. The van der Waals surface area contributed by atoms with Gasteiger partial charge >= 0.3 is 6.09 Å². The van der Waals surface area contributed by atoms with Gasteiger partial charge in [0.2, 0.25) is 5.88 Å². The minimum Gasteiger partial charge on any atom is -0.497 e. The number of carbonyl (C=O) groups excluding carboxylic acids is 2. The smallest absolute Gasteiger partial charge is 0.410 e. The van der Waals surface area contributed by atoms with Gasteiger partial charge in [-0.3, -0.25) is 9.78 Å². The minimum absolute atomic E-state index is 0.241. The SMILES string of the molecule is COc1cc(C=O)cc(-c2nccc(-c3cccc(-c4ccc(CN(C)C(=O)OC(C)(C)C)c(OC)n4)c3Cl)c2Cl)c1. The van der Waals surface area contributed by atoms with Crippen LogP contribution in [0.3, 0.4) is 0 Å². The Kier molecular flexibility index (Phi) is 9.39. The number of nitrogens with zero attached hydrogens (tertiary/aromatic N) is 3. The molecule has 4 aromatic rings. The first kappa shape index (κ1) is 30.8. The van der Waals surface area contributed by atoms with E-state index in [-0.39, 0.29) is 6.54 Å². The first-order chi connectivity index (χ1) is 19.9. The van der Waals surface area contributed by atoms with E-state index in [4.69, 9.17) is 42.4 Å². The molecule has 0 atom stereocenters. The maximum atomic E-state index is 12.5. The molecule has 0 radical (unpaired) electrons. The van der Waals surface area contributed by atoms with Crippen molar-refractivity contribution >= 4 is 35.6 Å². The van der Waals surface area contributed by atoms with Crippen LogP contribution >= 0.6 is 23.2 Å². The van der Waals surface area contributed by atoms with Gasteiger partial charge in [-0.15, -0.1) is 0 Å². The van der Waals surface area contributed by atoms with Crippen LogP contribution in [-0.4, -0.2) is 54.1 Å². The normalized spacial score (nSPS) is 11.1. The maximum Gasteiger partial charge on any atom is 0.410 e. The topological polar surface area (TPSA) is 90.9 Å². The van der Waals surface area contributed by atoms with Crippen LogP contribution in [0.4, 0.5) is 4.79 Å². The van der Waals surface area contributed by atoms with Crippen molar-refractivity contribution in [2.45, 2.75) is 32.9 Å². The number of aromatic nitrogens is 2. The van der Waals surface area contributed by atoms with Crippen LogP contribution in [0.25, 0.3) is 33.6 Å². The Hall–Kier alpha value is -4.14. The second-order valence-corrected chi connectivity index (χ2v) is 11.3. The highest BCUT2D eigenvalue weighted by Crippen LogP contribution is 2.42. The summed E-state index contributed by atoms with van der Waals surface area (Å²) in [4.78, 5) is 34.6. The van der Waals surface area contributed by atoms with E-state index >= 15 is 0 Å². The van der Waals surface area contributed by atoms with Crippen molar-refractivity contribution in [1.82, 2.24) is 14.9 Å². The van der Waals surface area contributed by atoms with E-state index < -0.39 is 11.7 Å². The summed E-state index contributed by atoms with van der Waals surface area (Å²) in [6, 6.07) is 16.1. The lowest BCUT2D eigenvalue weighted by molar-refractivity contribution is 0.0284. The molecule has 0 N–H and O–H groups in total. The Labute approximate surface area is 255 Å². The van der Waals surface area contributed by atoms with Crippen LogP contribution in [0, 0.1) is 0 Å². The molecule has 0 fully saturated rings. The molecular formula is C32H31Cl2N3O5. The van der Waals surface area contributed by atoms with Crippen LogP contribution in [0.15, 0.2) is 60.8 Å². The van der Waals surface area contributed by atoms with E-state index in [9.17, 15) is 9.59 Å². The van der Waals surface area contributed by atoms with E-state index in [1.165, 1.54) is 19.1 Å². The lowest BCUT2D eigenvalue weighted by Gasteiger charge is -2.25. The number of pyridine rings is 2. The number of carbonyl (C=O) groups is 2. The molecule has 0 bridgehead atoms. The number of methoxy groups -OCH3 is 2. The molecule has 0 spiro atoms. The first-order valence-electron chi connectivity index (χ1n) is 13.0. The molecule has 1 amide bonds.